The highest BCUT2D eigenvalue weighted by molar-refractivity contribution is 5.76. The molecule has 0 saturated carbocycles. The van der Waals surface area contributed by atoms with Gasteiger partial charge in [-0.05, 0) is 25.8 Å². The van der Waals surface area contributed by atoms with Crippen molar-refractivity contribution in [1.82, 2.24) is 5.32 Å². The number of nitrogens with two attached hydrogens (primary N) is 2. The predicted octanol–water partition coefficient (Wildman–Crippen LogP) is 1.88. The van der Waals surface area contributed by atoms with Gasteiger partial charge in [0, 0.05) is 6.42 Å². The van der Waals surface area contributed by atoms with Crippen molar-refractivity contribution in [3.8, 4) is 0 Å². The van der Waals surface area contributed by atoms with Crippen LogP contribution in [0.15, 0.2) is 0 Å². The van der Waals surface area contributed by atoms with E-state index >= 15 is 0 Å². The maximum absolute atomic E-state index is 11.5. The Morgan fingerprint density at radius 1 is 1.12 bits per heavy atom. The van der Waals surface area contributed by atoms with Gasteiger partial charge in [0.1, 0.15) is 0 Å². The Balaban J connectivity index is 3.38. The third-order valence-corrected chi connectivity index (χ3v) is 2.82. The van der Waals surface area contributed by atoms with Crippen LogP contribution >= 0.6 is 0 Å². The van der Waals surface area contributed by atoms with E-state index in [-0.39, 0.29) is 12.1 Å². The highest BCUT2D eigenvalue weighted by Gasteiger charge is 2.06. The smallest absolute Gasteiger partial charge is 0.221 e. The van der Waals surface area contributed by atoms with Crippen LogP contribution < -0.4 is 16.8 Å². The second-order valence-corrected chi connectivity index (χ2v) is 4.62. The average Bonchev–Trinajstić information content (AvgIpc) is 2.30. The van der Waals surface area contributed by atoms with E-state index in [2.05, 4.69) is 12.2 Å². The van der Waals surface area contributed by atoms with Crippen LogP contribution in [0.5, 0.6) is 0 Å². The number of rotatable bonds is 11. The molecule has 5 N–H and O–H groups in total. The predicted molar refractivity (Wildman–Crippen MR) is 72.4 cm³/mol. The highest BCUT2D eigenvalue weighted by atomic mass is 16.1. The van der Waals surface area contributed by atoms with Gasteiger partial charge < -0.3 is 16.8 Å². The van der Waals surface area contributed by atoms with Crippen LogP contribution in [0.1, 0.15) is 64.7 Å². The summed E-state index contributed by atoms with van der Waals surface area (Å²) in [5, 5.41) is 2.84. The fourth-order valence-electron chi connectivity index (χ4n) is 1.75. The molecule has 1 unspecified atom stereocenters. The number of nitrogens with one attached hydrogen (secondary N) is 1. The zero-order valence-electron chi connectivity index (χ0n) is 11.2. The molecule has 0 aliphatic heterocycles. The molecule has 1 atom stereocenters. The first kappa shape index (κ1) is 16.4. The van der Waals surface area contributed by atoms with Crippen LogP contribution in [0.3, 0.4) is 0 Å². The number of amides is 1. The molecule has 0 spiro atoms. The third kappa shape index (κ3) is 11.6. The van der Waals surface area contributed by atoms with Crippen molar-refractivity contribution in [2.45, 2.75) is 70.9 Å². The summed E-state index contributed by atoms with van der Waals surface area (Å²) in [4.78, 5) is 11.5. The highest BCUT2D eigenvalue weighted by Crippen LogP contribution is 2.04. The molecule has 4 nitrogen and oxygen atoms in total. The monoisotopic (exact) mass is 243 g/mol. The number of carbonyl (C=O) groups excluding carboxylic acids is 1. The number of unbranched alkanes of at least 4 members (excludes halogenated alkanes) is 5. The van der Waals surface area contributed by atoms with E-state index in [1.165, 1.54) is 19.3 Å². The summed E-state index contributed by atoms with van der Waals surface area (Å²) in [5.41, 5.74) is 11.2. The van der Waals surface area contributed by atoms with Gasteiger partial charge in [0.25, 0.3) is 0 Å². The Labute approximate surface area is 106 Å². The standard InChI is InChI=1S/C13H29N3O/c1-2-3-4-6-9-12(15)16-13(17)10-7-5-8-11-14/h12H,2-11,14-15H2,1H3,(H,16,17). The molecule has 0 bridgehead atoms. The summed E-state index contributed by atoms with van der Waals surface area (Å²) in [6.45, 7) is 2.89. The summed E-state index contributed by atoms with van der Waals surface area (Å²) in [7, 11) is 0. The van der Waals surface area contributed by atoms with Crippen LogP contribution in [-0.4, -0.2) is 18.6 Å². The summed E-state index contributed by atoms with van der Waals surface area (Å²) in [6, 6.07) is 0. The normalized spacial score (nSPS) is 12.4. The first-order valence-electron chi connectivity index (χ1n) is 6.95. The van der Waals surface area contributed by atoms with Crippen LogP contribution in [0.2, 0.25) is 0 Å². The number of carbonyl (C=O) groups is 1. The fourth-order valence-corrected chi connectivity index (χ4v) is 1.75. The molecule has 0 saturated heterocycles. The summed E-state index contributed by atoms with van der Waals surface area (Å²) in [6.07, 6.45) is 8.99. The lowest BCUT2D eigenvalue weighted by Gasteiger charge is -2.13. The van der Waals surface area contributed by atoms with Gasteiger partial charge in [0.05, 0.1) is 6.17 Å². The van der Waals surface area contributed by atoms with E-state index < -0.39 is 0 Å². The third-order valence-electron chi connectivity index (χ3n) is 2.82. The fraction of sp³-hybridized carbons (Fsp3) is 0.923. The van der Waals surface area contributed by atoms with Crippen LogP contribution in [-0.2, 0) is 4.79 Å². The second kappa shape index (κ2) is 11.9. The Bertz CT molecular complexity index is 186. The molecule has 4 heteroatoms. The van der Waals surface area contributed by atoms with Crippen molar-refractivity contribution in [1.29, 1.82) is 0 Å². The van der Waals surface area contributed by atoms with Gasteiger partial charge in [-0.25, -0.2) is 0 Å². The van der Waals surface area contributed by atoms with Crippen LogP contribution in [0.25, 0.3) is 0 Å². The molecule has 17 heavy (non-hydrogen) atoms. The lowest BCUT2D eigenvalue weighted by Crippen LogP contribution is -2.41. The van der Waals surface area contributed by atoms with Crippen LogP contribution in [0.4, 0.5) is 0 Å². The minimum atomic E-state index is -0.172. The van der Waals surface area contributed by atoms with Crippen LogP contribution in [0, 0.1) is 0 Å². The minimum Gasteiger partial charge on any atom is -0.341 e. The maximum atomic E-state index is 11.5. The summed E-state index contributed by atoms with van der Waals surface area (Å²) < 4.78 is 0. The Hall–Kier alpha value is -0.610. The van der Waals surface area contributed by atoms with Gasteiger partial charge in [0.2, 0.25) is 5.91 Å². The first-order valence-corrected chi connectivity index (χ1v) is 6.95. The van der Waals surface area contributed by atoms with E-state index in [4.69, 9.17) is 11.5 Å². The molecular weight excluding hydrogens is 214 g/mol. The lowest BCUT2D eigenvalue weighted by molar-refractivity contribution is -0.121. The van der Waals surface area contributed by atoms with Crippen molar-refractivity contribution >= 4 is 5.91 Å². The summed E-state index contributed by atoms with van der Waals surface area (Å²) >= 11 is 0. The lowest BCUT2D eigenvalue weighted by atomic mass is 10.1. The van der Waals surface area contributed by atoms with Gasteiger partial charge >= 0.3 is 0 Å². The van der Waals surface area contributed by atoms with Gasteiger partial charge in [-0.2, -0.15) is 0 Å². The number of hydrogen-bond donors (Lipinski definition) is 3. The first-order chi connectivity index (χ1) is 8.20. The maximum Gasteiger partial charge on any atom is 0.221 e. The molecule has 1 amide bonds. The Morgan fingerprint density at radius 2 is 1.82 bits per heavy atom. The average molecular weight is 243 g/mol. The largest absolute Gasteiger partial charge is 0.341 e. The quantitative estimate of drug-likeness (QED) is 0.383. The molecule has 0 radical (unpaired) electrons. The molecule has 0 aliphatic carbocycles. The zero-order valence-corrected chi connectivity index (χ0v) is 11.2. The molecule has 0 aromatic carbocycles. The van der Waals surface area contributed by atoms with Crippen molar-refractivity contribution in [2.24, 2.45) is 11.5 Å². The van der Waals surface area contributed by atoms with E-state index in [1.807, 2.05) is 0 Å². The van der Waals surface area contributed by atoms with E-state index in [0.717, 1.165) is 32.1 Å². The van der Waals surface area contributed by atoms with Crippen molar-refractivity contribution in [3.63, 3.8) is 0 Å². The van der Waals surface area contributed by atoms with Crippen molar-refractivity contribution in [2.75, 3.05) is 6.54 Å². The second-order valence-electron chi connectivity index (χ2n) is 4.62. The van der Waals surface area contributed by atoms with Gasteiger partial charge in [-0.3, -0.25) is 4.79 Å². The Morgan fingerprint density at radius 3 is 2.47 bits per heavy atom. The van der Waals surface area contributed by atoms with Crippen molar-refractivity contribution in [3.05, 3.63) is 0 Å². The molecule has 102 valence electrons. The summed E-state index contributed by atoms with van der Waals surface area (Å²) in [5.74, 6) is 0.0741. The molecule has 0 rings (SSSR count). The van der Waals surface area contributed by atoms with Gasteiger partial charge in [-0.15, -0.1) is 0 Å². The SMILES string of the molecule is CCCCCCC(N)NC(=O)CCCCCN. The molecule has 0 aliphatic rings. The molecule has 0 fully saturated rings. The van der Waals surface area contributed by atoms with E-state index in [9.17, 15) is 4.79 Å². The molecular formula is C13H29N3O. The van der Waals surface area contributed by atoms with Crippen molar-refractivity contribution < 1.29 is 4.79 Å². The Kier molecular flexibility index (Phi) is 11.4. The molecule has 0 heterocycles. The van der Waals surface area contributed by atoms with E-state index in [0.29, 0.717) is 13.0 Å². The topological polar surface area (TPSA) is 81.1 Å². The molecule has 0 aromatic rings. The van der Waals surface area contributed by atoms with Gasteiger partial charge in [0.15, 0.2) is 0 Å². The van der Waals surface area contributed by atoms with E-state index in [1.54, 1.807) is 0 Å². The zero-order chi connectivity index (χ0) is 12.9. The minimum absolute atomic E-state index is 0.0741. The molecule has 0 aromatic heterocycles. The number of hydrogen-bond acceptors (Lipinski definition) is 3. The van der Waals surface area contributed by atoms with Gasteiger partial charge in [-0.1, -0.05) is 39.0 Å².